The standard InChI is InChI=1S/C19H26N2O.ClH/c1-20-12-14-21(15-13-20)11-4-5-16-22-19-10-6-8-17-7-2-3-9-18(17)19;/h2-3,6-10H,4-5,11-16H2,1H3;1H/p-1. The van der Waals surface area contributed by atoms with Gasteiger partial charge in [-0.15, -0.1) is 0 Å². The van der Waals surface area contributed by atoms with Crippen LogP contribution in [0.25, 0.3) is 10.8 Å². The second-order valence-corrected chi connectivity index (χ2v) is 6.18. The van der Waals surface area contributed by atoms with Crippen LogP contribution in [0.3, 0.4) is 0 Å². The number of ether oxygens (including phenoxy) is 1. The fourth-order valence-electron chi connectivity index (χ4n) is 3.01. The molecule has 0 amide bonds. The van der Waals surface area contributed by atoms with Crippen molar-refractivity contribution in [3.63, 3.8) is 0 Å². The van der Waals surface area contributed by atoms with Crippen molar-refractivity contribution in [2.45, 2.75) is 12.8 Å². The molecule has 0 radical (unpaired) electrons. The monoisotopic (exact) mass is 333 g/mol. The number of hydrogen-bond acceptors (Lipinski definition) is 3. The Morgan fingerprint density at radius 3 is 2.48 bits per heavy atom. The zero-order valence-corrected chi connectivity index (χ0v) is 14.6. The number of halogens is 1. The predicted octanol–water partition coefficient (Wildman–Crippen LogP) is 0.250. The van der Waals surface area contributed by atoms with Gasteiger partial charge in [-0.1, -0.05) is 36.4 Å². The van der Waals surface area contributed by atoms with Crippen LogP contribution in [0.2, 0.25) is 0 Å². The lowest BCUT2D eigenvalue weighted by Gasteiger charge is -2.32. The molecule has 0 aliphatic carbocycles. The van der Waals surface area contributed by atoms with E-state index < -0.39 is 0 Å². The van der Waals surface area contributed by atoms with Gasteiger partial charge in [-0.3, -0.25) is 0 Å². The minimum absolute atomic E-state index is 0. The first-order valence-electron chi connectivity index (χ1n) is 8.34. The summed E-state index contributed by atoms with van der Waals surface area (Å²) in [5, 5.41) is 2.46. The van der Waals surface area contributed by atoms with Gasteiger partial charge >= 0.3 is 0 Å². The van der Waals surface area contributed by atoms with Crippen LogP contribution in [-0.2, 0) is 0 Å². The van der Waals surface area contributed by atoms with Crippen LogP contribution in [0.15, 0.2) is 42.5 Å². The lowest BCUT2D eigenvalue weighted by atomic mass is 10.1. The summed E-state index contributed by atoms with van der Waals surface area (Å²) in [6.07, 6.45) is 2.34. The summed E-state index contributed by atoms with van der Waals surface area (Å²) in [6, 6.07) is 14.7. The summed E-state index contributed by atoms with van der Waals surface area (Å²) < 4.78 is 6.00. The van der Waals surface area contributed by atoms with Crippen molar-refractivity contribution in [2.75, 3.05) is 46.4 Å². The van der Waals surface area contributed by atoms with Crippen LogP contribution in [0, 0.1) is 0 Å². The van der Waals surface area contributed by atoms with Crippen LogP contribution in [0.5, 0.6) is 5.75 Å². The number of rotatable bonds is 6. The zero-order chi connectivity index (χ0) is 15.2. The average molecular weight is 334 g/mol. The summed E-state index contributed by atoms with van der Waals surface area (Å²) in [4.78, 5) is 4.97. The highest BCUT2D eigenvalue weighted by Gasteiger charge is 2.12. The van der Waals surface area contributed by atoms with Crippen molar-refractivity contribution >= 4 is 10.8 Å². The van der Waals surface area contributed by atoms with Crippen molar-refractivity contribution in [3.8, 4) is 5.75 Å². The smallest absolute Gasteiger partial charge is 0.127 e. The average Bonchev–Trinajstić information content (AvgIpc) is 2.56. The summed E-state index contributed by atoms with van der Waals surface area (Å²) >= 11 is 0. The van der Waals surface area contributed by atoms with Gasteiger partial charge in [0.15, 0.2) is 0 Å². The van der Waals surface area contributed by atoms with E-state index in [0.29, 0.717) is 0 Å². The molecule has 23 heavy (non-hydrogen) atoms. The largest absolute Gasteiger partial charge is 1.00 e. The van der Waals surface area contributed by atoms with Crippen molar-refractivity contribution in [1.29, 1.82) is 0 Å². The fourth-order valence-corrected chi connectivity index (χ4v) is 3.01. The summed E-state index contributed by atoms with van der Waals surface area (Å²) in [7, 11) is 2.20. The highest BCUT2D eigenvalue weighted by atomic mass is 35.5. The summed E-state index contributed by atoms with van der Waals surface area (Å²) in [5.41, 5.74) is 0. The maximum atomic E-state index is 6.00. The molecule has 3 rings (SSSR count). The number of hydrogen-bond donors (Lipinski definition) is 0. The summed E-state index contributed by atoms with van der Waals surface area (Å²) in [5.74, 6) is 1.01. The van der Waals surface area contributed by atoms with Crippen LogP contribution in [-0.4, -0.2) is 56.2 Å². The van der Waals surface area contributed by atoms with Gasteiger partial charge in [0.25, 0.3) is 0 Å². The van der Waals surface area contributed by atoms with Crippen LogP contribution < -0.4 is 17.1 Å². The van der Waals surface area contributed by atoms with Gasteiger partial charge in [-0.05, 0) is 37.9 Å². The molecule has 2 aromatic rings. The molecule has 3 nitrogen and oxygen atoms in total. The van der Waals surface area contributed by atoms with Gasteiger partial charge in [-0.25, -0.2) is 0 Å². The SMILES string of the molecule is CN1CCN(CCCCOc2cccc3ccccc23)CC1.[Cl-]. The molecule has 4 heteroatoms. The molecule has 0 N–H and O–H groups in total. The molecule has 0 bridgehead atoms. The molecule has 1 heterocycles. The lowest BCUT2D eigenvalue weighted by molar-refractivity contribution is -0.00000493. The third kappa shape index (κ3) is 5.10. The van der Waals surface area contributed by atoms with Crippen LogP contribution >= 0.6 is 0 Å². The minimum atomic E-state index is 0. The Labute approximate surface area is 145 Å². The first-order valence-corrected chi connectivity index (χ1v) is 8.34. The molecule has 2 aromatic carbocycles. The second-order valence-electron chi connectivity index (χ2n) is 6.18. The maximum absolute atomic E-state index is 6.00. The molecular formula is C19H26ClN2O-. The third-order valence-electron chi connectivity index (χ3n) is 4.47. The molecule has 0 unspecified atom stereocenters. The van der Waals surface area contributed by atoms with E-state index in [9.17, 15) is 0 Å². The van der Waals surface area contributed by atoms with Gasteiger partial charge in [0, 0.05) is 31.6 Å². The number of fused-ring (bicyclic) bond motifs is 1. The summed E-state index contributed by atoms with van der Waals surface area (Å²) in [6.45, 7) is 6.83. The number of nitrogens with zero attached hydrogens (tertiary/aromatic N) is 2. The van der Waals surface area contributed by atoms with E-state index in [1.807, 2.05) is 0 Å². The molecule has 1 saturated heterocycles. The highest BCUT2D eigenvalue weighted by molar-refractivity contribution is 5.88. The second kappa shape index (κ2) is 9.11. The number of unbranched alkanes of at least 4 members (excludes halogenated alkanes) is 1. The molecule has 1 aliphatic heterocycles. The highest BCUT2D eigenvalue weighted by Crippen LogP contribution is 2.25. The van der Waals surface area contributed by atoms with Gasteiger partial charge in [0.05, 0.1) is 6.61 Å². The van der Waals surface area contributed by atoms with Crippen LogP contribution in [0.1, 0.15) is 12.8 Å². The maximum Gasteiger partial charge on any atom is 0.127 e. The molecular weight excluding hydrogens is 308 g/mol. The van der Waals surface area contributed by atoms with Gasteiger partial charge < -0.3 is 26.9 Å². The number of likely N-dealkylation sites (N-methyl/N-ethyl adjacent to an activating group) is 1. The molecule has 0 atom stereocenters. The predicted molar refractivity (Wildman–Crippen MR) is 92.6 cm³/mol. The fraction of sp³-hybridized carbons (Fsp3) is 0.474. The third-order valence-corrected chi connectivity index (χ3v) is 4.47. The van der Waals surface area contributed by atoms with Crippen molar-refractivity contribution in [1.82, 2.24) is 9.80 Å². The Kier molecular flexibility index (Phi) is 7.15. The Balaban J connectivity index is 0.00000192. The minimum Gasteiger partial charge on any atom is -1.00 e. The van der Waals surface area contributed by atoms with E-state index in [-0.39, 0.29) is 12.4 Å². The van der Waals surface area contributed by atoms with Gasteiger partial charge in [0.2, 0.25) is 0 Å². The van der Waals surface area contributed by atoms with E-state index in [1.165, 1.54) is 49.9 Å². The topological polar surface area (TPSA) is 15.7 Å². The Morgan fingerprint density at radius 1 is 0.913 bits per heavy atom. The zero-order valence-electron chi connectivity index (χ0n) is 13.9. The number of piperazine rings is 1. The Hall–Kier alpha value is -1.29. The molecule has 0 aromatic heterocycles. The van der Waals surface area contributed by atoms with Gasteiger partial charge in [-0.2, -0.15) is 0 Å². The molecule has 1 aliphatic rings. The molecule has 0 saturated carbocycles. The van der Waals surface area contributed by atoms with Crippen molar-refractivity contribution in [2.24, 2.45) is 0 Å². The van der Waals surface area contributed by atoms with Gasteiger partial charge in [0.1, 0.15) is 5.75 Å². The Bertz CT molecular complexity index is 591. The van der Waals surface area contributed by atoms with E-state index in [4.69, 9.17) is 4.74 Å². The Morgan fingerprint density at radius 2 is 1.65 bits per heavy atom. The van der Waals surface area contributed by atoms with Crippen molar-refractivity contribution < 1.29 is 17.1 Å². The van der Waals surface area contributed by atoms with E-state index in [2.05, 4.69) is 59.3 Å². The first-order chi connectivity index (χ1) is 10.8. The van der Waals surface area contributed by atoms with E-state index in [1.54, 1.807) is 0 Å². The molecule has 1 fully saturated rings. The van der Waals surface area contributed by atoms with E-state index >= 15 is 0 Å². The van der Waals surface area contributed by atoms with Crippen LogP contribution in [0.4, 0.5) is 0 Å². The van der Waals surface area contributed by atoms with E-state index in [0.717, 1.165) is 18.8 Å². The number of benzene rings is 2. The first kappa shape index (κ1) is 18.1. The normalized spacial score (nSPS) is 16.2. The lowest BCUT2D eigenvalue weighted by Crippen LogP contribution is -3.00. The molecule has 0 spiro atoms. The quantitative estimate of drug-likeness (QED) is 0.705. The molecule has 126 valence electrons. The van der Waals surface area contributed by atoms with Crippen molar-refractivity contribution in [3.05, 3.63) is 42.5 Å².